The van der Waals surface area contributed by atoms with Crippen molar-refractivity contribution in [2.75, 3.05) is 14.2 Å². The lowest BCUT2D eigenvalue weighted by Gasteiger charge is -2.36. The Hall–Kier alpha value is -2.24. The van der Waals surface area contributed by atoms with Crippen LogP contribution < -0.4 is 14.2 Å². The molecule has 2 N–H and O–H groups in total. The van der Waals surface area contributed by atoms with Crippen molar-refractivity contribution >= 4 is 0 Å². The molecule has 5 nitrogen and oxygen atoms in total. The Bertz CT molecular complexity index is 663. The van der Waals surface area contributed by atoms with Gasteiger partial charge in [-0.05, 0) is 47.9 Å². The van der Waals surface area contributed by atoms with Crippen molar-refractivity contribution in [1.82, 2.24) is 0 Å². The van der Waals surface area contributed by atoms with Crippen LogP contribution in [0.5, 0.6) is 17.2 Å². The smallest absolute Gasteiger partial charge is 0.329 e. The lowest BCUT2D eigenvalue weighted by Crippen LogP contribution is -2.45. The summed E-state index contributed by atoms with van der Waals surface area (Å²) in [5.41, 5.74) is 1.64. The van der Waals surface area contributed by atoms with Crippen molar-refractivity contribution in [3.8, 4) is 17.2 Å². The van der Waals surface area contributed by atoms with Gasteiger partial charge in [-0.1, -0.05) is 12.1 Å². The van der Waals surface area contributed by atoms with E-state index in [1.165, 1.54) is 0 Å². The summed E-state index contributed by atoms with van der Waals surface area (Å²) in [6.07, 6.45) is 0.436. The van der Waals surface area contributed by atoms with E-state index in [0.29, 0.717) is 23.7 Å². The normalized spacial score (nSPS) is 19.0. The Kier molecular flexibility index (Phi) is 3.68. The Morgan fingerprint density at radius 1 is 1.00 bits per heavy atom. The monoisotopic (exact) mass is 302 g/mol. The topological polar surface area (TPSA) is 68.2 Å². The molecule has 1 atom stereocenters. The van der Waals surface area contributed by atoms with Gasteiger partial charge in [0.2, 0.25) is 0 Å². The quantitative estimate of drug-likeness (QED) is 0.850. The Morgan fingerprint density at radius 3 is 2.27 bits per heavy atom. The minimum atomic E-state index is -2.25. The summed E-state index contributed by atoms with van der Waals surface area (Å²) in [5, 5.41) is 20.5. The Morgan fingerprint density at radius 2 is 1.64 bits per heavy atom. The van der Waals surface area contributed by atoms with E-state index in [4.69, 9.17) is 14.2 Å². The first-order valence-electron chi connectivity index (χ1n) is 6.98. The molecule has 3 rings (SSSR count). The lowest BCUT2D eigenvalue weighted by molar-refractivity contribution is -0.311. The van der Waals surface area contributed by atoms with Crippen molar-refractivity contribution in [1.29, 1.82) is 0 Å². The highest BCUT2D eigenvalue weighted by molar-refractivity contribution is 5.44. The summed E-state index contributed by atoms with van der Waals surface area (Å²) >= 11 is 0. The van der Waals surface area contributed by atoms with Gasteiger partial charge in [0.25, 0.3) is 0 Å². The van der Waals surface area contributed by atoms with Crippen LogP contribution in [-0.2, 0) is 6.42 Å². The Balaban J connectivity index is 1.96. The summed E-state index contributed by atoms with van der Waals surface area (Å²) in [6, 6.07) is 12.4. The first-order valence-corrected chi connectivity index (χ1v) is 6.98. The fraction of sp³-hybridized carbons (Fsp3) is 0.294. The number of ether oxygens (including phenoxy) is 3. The number of hydrogen-bond donors (Lipinski definition) is 2. The zero-order valence-corrected chi connectivity index (χ0v) is 12.4. The van der Waals surface area contributed by atoms with Crippen molar-refractivity contribution in [2.24, 2.45) is 0 Å². The van der Waals surface area contributed by atoms with E-state index in [1.54, 1.807) is 50.6 Å². The van der Waals surface area contributed by atoms with Crippen LogP contribution in [0.3, 0.4) is 0 Å². The molecule has 1 aliphatic rings. The largest absolute Gasteiger partial charge is 0.497 e. The second-order valence-corrected chi connectivity index (χ2v) is 5.26. The predicted octanol–water partition coefficient (Wildman–Crippen LogP) is 2.06. The molecule has 0 spiro atoms. The minimum absolute atomic E-state index is 0.436. The molecular weight excluding hydrogens is 284 g/mol. The predicted molar refractivity (Wildman–Crippen MR) is 80.2 cm³/mol. The molecule has 116 valence electrons. The summed E-state index contributed by atoms with van der Waals surface area (Å²) in [7, 11) is 3.18. The first kappa shape index (κ1) is 14.7. The van der Waals surface area contributed by atoms with Gasteiger partial charge in [0.05, 0.1) is 20.1 Å². The summed E-state index contributed by atoms with van der Waals surface area (Å²) < 4.78 is 15.7. The minimum Gasteiger partial charge on any atom is -0.497 e. The third-order valence-corrected chi connectivity index (χ3v) is 3.92. The van der Waals surface area contributed by atoms with Crippen LogP contribution in [-0.4, -0.2) is 30.4 Å². The van der Waals surface area contributed by atoms with E-state index in [-0.39, 0.29) is 0 Å². The molecule has 1 unspecified atom stereocenters. The molecule has 0 aromatic heterocycles. The van der Waals surface area contributed by atoms with Crippen molar-refractivity contribution in [3.05, 3.63) is 53.6 Å². The average Bonchev–Trinajstić information content (AvgIpc) is 2.53. The summed E-state index contributed by atoms with van der Waals surface area (Å²) in [4.78, 5) is 0. The van der Waals surface area contributed by atoms with Gasteiger partial charge in [-0.3, -0.25) is 0 Å². The molecule has 0 saturated carbocycles. The zero-order valence-electron chi connectivity index (χ0n) is 12.4. The van der Waals surface area contributed by atoms with Gasteiger partial charge < -0.3 is 24.4 Å². The maximum atomic E-state index is 10.3. The molecule has 0 amide bonds. The molecule has 0 aliphatic carbocycles. The molecule has 5 heteroatoms. The van der Waals surface area contributed by atoms with E-state index >= 15 is 0 Å². The molecule has 0 radical (unpaired) electrons. The van der Waals surface area contributed by atoms with E-state index < -0.39 is 11.9 Å². The second-order valence-electron chi connectivity index (χ2n) is 5.26. The highest BCUT2D eigenvalue weighted by Gasteiger charge is 2.43. The molecule has 2 aromatic carbocycles. The number of benzene rings is 2. The van der Waals surface area contributed by atoms with Crippen LogP contribution in [0.4, 0.5) is 0 Å². The standard InChI is InChI=1S/C17H18O5/c1-20-13-5-3-11(4-6-13)15-10-12-9-14(21-2)7-8-16(12)22-17(15,18)19/h3-9,15,18-19H,10H2,1-2H3. The van der Waals surface area contributed by atoms with E-state index in [9.17, 15) is 10.2 Å². The number of hydrogen-bond acceptors (Lipinski definition) is 5. The van der Waals surface area contributed by atoms with Crippen LogP contribution in [0, 0.1) is 0 Å². The van der Waals surface area contributed by atoms with Gasteiger partial charge >= 0.3 is 5.97 Å². The maximum Gasteiger partial charge on any atom is 0.329 e. The van der Waals surface area contributed by atoms with E-state index in [2.05, 4.69) is 0 Å². The molecule has 0 saturated heterocycles. The van der Waals surface area contributed by atoms with Crippen LogP contribution in [0.2, 0.25) is 0 Å². The number of methoxy groups -OCH3 is 2. The third kappa shape index (κ3) is 2.61. The van der Waals surface area contributed by atoms with Crippen LogP contribution in [0.25, 0.3) is 0 Å². The molecule has 1 heterocycles. The van der Waals surface area contributed by atoms with E-state index in [1.807, 2.05) is 6.07 Å². The lowest BCUT2D eigenvalue weighted by atomic mass is 9.87. The average molecular weight is 302 g/mol. The number of aliphatic hydroxyl groups is 2. The first-order chi connectivity index (χ1) is 10.5. The summed E-state index contributed by atoms with van der Waals surface area (Å²) in [5.74, 6) is -0.979. The van der Waals surface area contributed by atoms with Gasteiger partial charge in [0.1, 0.15) is 17.2 Å². The number of rotatable bonds is 3. The van der Waals surface area contributed by atoms with Gasteiger partial charge in [0.15, 0.2) is 0 Å². The molecule has 1 aliphatic heterocycles. The molecular formula is C17H18O5. The highest BCUT2D eigenvalue weighted by Crippen LogP contribution is 2.41. The maximum absolute atomic E-state index is 10.3. The van der Waals surface area contributed by atoms with Crippen molar-refractivity contribution in [3.63, 3.8) is 0 Å². The SMILES string of the molecule is COc1ccc(C2Cc3cc(OC)ccc3OC2(O)O)cc1. The summed E-state index contributed by atoms with van der Waals surface area (Å²) in [6.45, 7) is 0. The van der Waals surface area contributed by atoms with Crippen LogP contribution in [0.15, 0.2) is 42.5 Å². The van der Waals surface area contributed by atoms with Crippen molar-refractivity contribution in [2.45, 2.75) is 18.3 Å². The van der Waals surface area contributed by atoms with Gasteiger partial charge in [-0.25, -0.2) is 0 Å². The van der Waals surface area contributed by atoms with Gasteiger partial charge in [-0.2, -0.15) is 0 Å². The molecule has 22 heavy (non-hydrogen) atoms. The fourth-order valence-electron chi connectivity index (χ4n) is 2.70. The molecule has 0 bridgehead atoms. The van der Waals surface area contributed by atoms with Crippen LogP contribution in [0.1, 0.15) is 17.0 Å². The second kappa shape index (κ2) is 5.51. The van der Waals surface area contributed by atoms with Crippen LogP contribution >= 0.6 is 0 Å². The molecule has 2 aromatic rings. The fourth-order valence-corrected chi connectivity index (χ4v) is 2.70. The van der Waals surface area contributed by atoms with Gasteiger partial charge in [-0.15, -0.1) is 0 Å². The Labute approximate surface area is 128 Å². The third-order valence-electron chi connectivity index (χ3n) is 3.92. The van der Waals surface area contributed by atoms with E-state index in [0.717, 1.165) is 11.1 Å². The van der Waals surface area contributed by atoms with Crippen molar-refractivity contribution < 1.29 is 24.4 Å². The number of fused-ring (bicyclic) bond motifs is 1. The zero-order chi connectivity index (χ0) is 15.7. The highest BCUT2D eigenvalue weighted by atomic mass is 16.8. The molecule has 0 fully saturated rings. The van der Waals surface area contributed by atoms with Gasteiger partial charge in [0, 0.05) is 0 Å².